The molecule has 0 aliphatic heterocycles. The lowest BCUT2D eigenvalue weighted by Gasteiger charge is -2.18. The van der Waals surface area contributed by atoms with Gasteiger partial charge in [0.1, 0.15) is 13.2 Å². The highest BCUT2D eigenvalue weighted by Gasteiger charge is 2.19. The Balaban J connectivity index is 4.44. The standard InChI is InChI=1S/C75H124O6/c1-4-7-10-13-16-19-22-25-28-30-32-34-36-37-39-40-42-44-47-50-53-56-59-62-65-68-74(77)80-71-72(70-79-73(76)67-64-61-58-55-52-49-46-27-24-21-18-15-12-9-6-3)81-75(78)69-66-63-60-57-54-51-48-45-43-41-38-35-33-31-29-26-23-20-17-14-11-8-5-2/h7,9-10,12,16,18-19,21,25,27-28,31-34,37,39,42,44,46,50,53,72H,4-6,8,11,13-15,17,20,22-24,26,29-30,35-36,38,40-41,43,45,47-49,51-52,54-71H2,1-3H3/b10-7-,12-9-,19-16-,21-18-,28-25-,33-31-,34-32-,39-37-,44-42-,46-27-,53-50-. The van der Waals surface area contributed by atoms with Crippen molar-refractivity contribution in [3.05, 3.63) is 134 Å². The zero-order valence-corrected chi connectivity index (χ0v) is 52.8. The summed E-state index contributed by atoms with van der Waals surface area (Å²) >= 11 is 0. The van der Waals surface area contributed by atoms with Gasteiger partial charge in [-0.25, -0.2) is 0 Å². The fourth-order valence-electron chi connectivity index (χ4n) is 9.14. The first-order valence-corrected chi connectivity index (χ1v) is 33.7. The quantitative estimate of drug-likeness (QED) is 0.0261. The molecular weight excluding hydrogens is 997 g/mol. The van der Waals surface area contributed by atoms with E-state index in [-0.39, 0.29) is 31.1 Å². The van der Waals surface area contributed by atoms with Gasteiger partial charge in [0.15, 0.2) is 6.10 Å². The molecule has 0 aromatic heterocycles. The normalized spacial score (nSPS) is 13.0. The Labute approximate surface area is 500 Å². The molecular formula is C75H124O6. The van der Waals surface area contributed by atoms with E-state index in [9.17, 15) is 14.4 Å². The van der Waals surface area contributed by atoms with E-state index in [1.807, 2.05) is 0 Å². The van der Waals surface area contributed by atoms with Crippen molar-refractivity contribution in [2.45, 2.75) is 309 Å². The second-order valence-electron chi connectivity index (χ2n) is 22.0. The van der Waals surface area contributed by atoms with Gasteiger partial charge in [-0.3, -0.25) is 14.4 Å². The van der Waals surface area contributed by atoms with Crippen molar-refractivity contribution in [3.8, 4) is 0 Å². The molecule has 0 saturated carbocycles. The second-order valence-corrected chi connectivity index (χ2v) is 22.0. The number of esters is 3. The van der Waals surface area contributed by atoms with Crippen molar-refractivity contribution in [3.63, 3.8) is 0 Å². The van der Waals surface area contributed by atoms with Crippen LogP contribution in [-0.2, 0) is 28.6 Å². The summed E-state index contributed by atoms with van der Waals surface area (Å²) in [5, 5.41) is 0. The lowest BCUT2D eigenvalue weighted by molar-refractivity contribution is -0.167. The van der Waals surface area contributed by atoms with E-state index in [2.05, 4.69) is 154 Å². The second kappa shape index (κ2) is 68.1. The molecule has 0 saturated heterocycles. The minimum absolute atomic E-state index is 0.101. The van der Waals surface area contributed by atoms with Gasteiger partial charge in [-0.2, -0.15) is 0 Å². The molecule has 0 aliphatic carbocycles. The third kappa shape index (κ3) is 66.2. The summed E-state index contributed by atoms with van der Waals surface area (Å²) in [4.78, 5) is 38.4. The number of hydrogen-bond donors (Lipinski definition) is 0. The fraction of sp³-hybridized carbons (Fsp3) is 0.667. The van der Waals surface area contributed by atoms with Gasteiger partial charge in [0.2, 0.25) is 0 Å². The Morgan fingerprint density at radius 2 is 0.481 bits per heavy atom. The van der Waals surface area contributed by atoms with E-state index >= 15 is 0 Å². The van der Waals surface area contributed by atoms with Gasteiger partial charge in [-0.1, -0.05) is 283 Å². The van der Waals surface area contributed by atoms with Crippen molar-refractivity contribution < 1.29 is 28.6 Å². The van der Waals surface area contributed by atoms with Crippen LogP contribution in [0.3, 0.4) is 0 Å². The molecule has 0 radical (unpaired) electrons. The van der Waals surface area contributed by atoms with Crippen LogP contribution in [0.1, 0.15) is 303 Å². The van der Waals surface area contributed by atoms with Gasteiger partial charge in [0.05, 0.1) is 0 Å². The van der Waals surface area contributed by atoms with Crippen molar-refractivity contribution in [1.29, 1.82) is 0 Å². The molecule has 1 atom stereocenters. The number of ether oxygens (including phenoxy) is 3. The van der Waals surface area contributed by atoms with Gasteiger partial charge in [-0.05, 0) is 135 Å². The first-order valence-electron chi connectivity index (χ1n) is 33.7. The summed E-state index contributed by atoms with van der Waals surface area (Å²) in [5.41, 5.74) is 0. The summed E-state index contributed by atoms with van der Waals surface area (Å²) in [7, 11) is 0. The van der Waals surface area contributed by atoms with Crippen LogP contribution >= 0.6 is 0 Å². The molecule has 0 aromatic carbocycles. The summed E-state index contributed by atoms with van der Waals surface area (Å²) < 4.78 is 16.9. The molecule has 0 N–H and O–H groups in total. The van der Waals surface area contributed by atoms with Crippen LogP contribution in [-0.4, -0.2) is 37.2 Å². The van der Waals surface area contributed by atoms with Crippen LogP contribution < -0.4 is 0 Å². The third-order valence-corrected chi connectivity index (χ3v) is 14.1. The molecule has 0 aliphatic rings. The molecule has 0 amide bonds. The highest BCUT2D eigenvalue weighted by atomic mass is 16.6. The Kier molecular flexibility index (Phi) is 64.3. The molecule has 0 aromatic rings. The number of hydrogen-bond acceptors (Lipinski definition) is 6. The maximum absolute atomic E-state index is 12.9. The molecule has 81 heavy (non-hydrogen) atoms. The summed E-state index contributed by atoms with van der Waals surface area (Å²) in [5.74, 6) is -0.945. The highest BCUT2D eigenvalue weighted by Crippen LogP contribution is 2.16. The van der Waals surface area contributed by atoms with Gasteiger partial charge >= 0.3 is 17.9 Å². The summed E-state index contributed by atoms with van der Waals surface area (Å²) in [6, 6.07) is 0. The van der Waals surface area contributed by atoms with E-state index in [1.165, 1.54) is 116 Å². The minimum atomic E-state index is -0.806. The predicted octanol–water partition coefficient (Wildman–Crippen LogP) is 23.3. The van der Waals surface area contributed by atoms with Crippen molar-refractivity contribution in [1.82, 2.24) is 0 Å². The van der Waals surface area contributed by atoms with Gasteiger partial charge in [0.25, 0.3) is 0 Å². The van der Waals surface area contributed by atoms with Gasteiger partial charge in [-0.15, -0.1) is 0 Å². The van der Waals surface area contributed by atoms with E-state index in [1.54, 1.807) is 0 Å². The molecule has 460 valence electrons. The van der Waals surface area contributed by atoms with E-state index in [0.717, 1.165) is 148 Å². The monoisotopic (exact) mass is 1120 g/mol. The highest BCUT2D eigenvalue weighted by molar-refractivity contribution is 5.71. The van der Waals surface area contributed by atoms with Crippen molar-refractivity contribution in [2.24, 2.45) is 0 Å². The first-order chi connectivity index (χ1) is 40.0. The van der Waals surface area contributed by atoms with Crippen LogP contribution in [0.15, 0.2) is 134 Å². The molecule has 1 unspecified atom stereocenters. The molecule has 0 spiro atoms. The maximum atomic E-state index is 12.9. The largest absolute Gasteiger partial charge is 0.462 e. The van der Waals surface area contributed by atoms with Crippen molar-refractivity contribution in [2.75, 3.05) is 13.2 Å². The number of rotatable bonds is 60. The topological polar surface area (TPSA) is 78.9 Å². The molecule has 0 fully saturated rings. The number of unbranched alkanes of at least 4 members (excludes halogenated alkanes) is 27. The Morgan fingerprint density at radius 1 is 0.259 bits per heavy atom. The van der Waals surface area contributed by atoms with Crippen LogP contribution in [0.25, 0.3) is 0 Å². The predicted molar refractivity (Wildman–Crippen MR) is 353 cm³/mol. The minimum Gasteiger partial charge on any atom is -0.462 e. The van der Waals surface area contributed by atoms with E-state index < -0.39 is 6.10 Å². The van der Waals surface area contributed by atoms with Crippen LogP contribution in [0.2, 0.25) is 0 Å². The van der Waals surface area contributed by atoms with Crippen LogP contribution in [0.5, 0.6) is 0 Å². The van der Waals surface area contributed by atoms with Gasteiger partial charge in [0, 0.05) is 19.3 Å². The Hall–Kier alpha value is -4.45. The fourth-order valence-corrected chi connectivity index (χ4v) is 9.14. The van der Waals surface area contributed by atoms with E-state index in [4.69, 9.17) is 14.2 Å². The van der Waals surface area contributed by atoms with E-state index in [0.29, 0.717) is 19.3 Å². The molecule has 6 heteroatoms. The summed E-state index contributed by atoms with van der Waals surface area (Å²) in [6.07, 6.45) is 96.1. The molecule has 6 nitrogen and oxygen atoms in total. The lowest BCUT2D eigenvalue weighted by Crippen LogP contribution is -2.30. The van der Waals surface area contributed by atoms with Crippen LogP contribution in [0, 0.1) is 0 Å². The van der Waals surface area contributed by atoms with Crippen LogP contribution in [0.4, 0.5) is 0 Å². The Morgan fingerprint density at radius 3 is 0.778 bits per heavy atom. The average Bonchev–Trinajstić information content (AvgIpc) is 3.47. The Bertz CT molecular complexity index is 1720. The number of carbonyl (C=O) groups is 3. The lowest BCUT2D eigenvalue weighted by atomic mass is 10.0. The average molecular weight is 1120 g/mol. The SMILES string of the molecule is CC/C=C\C/C=C\C/C=C\C/C=C\C/C=C\C/C=C\C/C=C\CCCCCC(=O)OCC(COC(=O)CCCCCCC/C=C\C/C=C\C/C=C\CC)OC(=O)CCCCCCCCCCCCC/C=C\CCCCCCCCCC. The third-order valence-electron chi connectivity index (χ3n) is 14.1. The molecule has 0 rings (SSSR count). The van der Waals surface area contributed by atoms with Crippen molar-refractivity contribution >= 4 is 17.9 Å². The van der Waals surface area contributed by atoms with Gasteiger partial charge < -0.3 is 14.2 Å². The maximum Gasteiger partial charge on any atom is 0.306 e. The number of allylic oxidation sites excluding steroid dienone is 22. The first kappa shape index (κ1) is 76.5. The number of carbonyl (C=O) groups excluding carboxylic acids is 3. The zero-order chi connectivity index (χ0) is 58.5. The smallest absolute Gasteiger partial charge is 0.306 e. The molecule has 0 bridgehead atoms. The summed E-state index contributed by atoms with van der Waals surface area (Å²) in [6.45, 7) is 6.39. The molecule has 0 heterocycles. The zero-order valence-electron chi connectivity index (χ0n) is 52.8.